The summed E-state index contributed by atoms with van der Waals surface area (Å²) in [5.41, 5.74) is 10.2. The average molecular weight is 617 g/mol. The number of urea groups is 1. The highest BCUT2D eigenvalue weighted by molar-refractivity contribution is 5.96. The van der Waals surface area contributed by atoms with Gasteiger partial charge in [0.05, 0.1) is 12.2 Å². The number of piperidine rings is 1. The third-order valence-corrected chi connectivity index (χ3v) is 7.80. The number of likely N-dealkylation sites (tertiary alicyclic amines) is 1. The number of fused-ring (bicyclic) bond motifs is 1. The van der Waals surface area contributed by atoms with Gasteiger partial charge in [-0.1, -0.05) is 24.3 Å². The molecule has 5 N–H and O–H groups in total. The minimum absolute atomic E-state index is 0.0903. The number of nitrogen functional groups attached to an aromatic ring is 1. The van der Waals surface area contributed by atoms with Crippen molar-refractivity contribution in [2.24, 2.45) is 0 Å². The fourth-order valence-corrected chi connectivity index (χ4v) is 5.27. The topological polar surface area (TPSA) is 130 Å². The van der Waals surface area contributed by atoms with Crippen molar-refractivity contribution in [3.05, 3.63) is 102 Å². The van der Waals surface area contributed by atoms with Crippen molar-refractivity contribution in [1.82, 2.24) is 25.5 Å². The highest BCUT2D eigenvalue weighted by Gasteiger charge is 2.36. The number of nitrogens with one attached hydrogen (secondary N) is 2. The van der Waals surface area contributed by atoms with Gasteiger partial charge in [0.1, 0.15) is 29.2 Å². The zero-order valence-corrected chi connectivity index (χ0v) is 24.1. The monoisotopic (exact) mass is 616 g/mol. The van der Waals surface area contributed by atoms with Gasteiger partial charge in [-0.3, -0.25) is 9.88 Å². The molecule has 0 radical (unpaired) electrons. The number of amides is 2. The van der Waals surface area contributed by atoms with E-state index >= 15 is 0 Å². The van der Waals surface area contributed by atoms with Crippen LogP contribution in [0.2, 0.25) is 0 Å². The minimum Gasteiger partial charge on any atom is -0.459 e. The van der Waals surface area contributed by atoms with Gasteiger partial charge in [0.2, 0.25) is 0 Å². The number of benzene rings is 2. The Morgan fingerprint density at radius 1 is 0.956 bits per heavy atom. The number of pyridine rings is 2. The molecule has 1 aliphatic heterocycles. The molecule has 1 saturated heterocycles. The van der Waals surface area contributed by atoms with Crippen LogP contribution in [0.15, 0.2) is 83.5 Å². The molecule has 45 heavy (non-hydrogen) atoms. The highest BCUT2D eigenvalue weighted by atomic mass is 19.3. The molecule has 3 aromatic heterocycles. The van der Waals surface area contributed by atoms with Gasteiger partial charge >= 0.3 is 6.03 Å². The standard InChI is InChI=1S/C33H31F3N6O3/c34-25-5-2-21(3-6-25)27-15-23(28-7-4-22(18-38-28)31(43)42-11-9-33(35,36)10-12-42)13-24-14-26(45-30(24)27)19-41-32(44)40-17-20-1-8-29(37)39-16-20/h1-8,13-16,18,31,43H,9-12,17,19H2,(H2,37,39)(H2,40,41,44). The van der Waals surface area contributed by atoms with E-state index in [4.69, 9.17) is 10.2 Å². The van der Waals surface area contributed by atoms with Crippen LogP contribution in [-0.4, -0.2) is 45.0 Å². The van der Waals surface area contributed by atoms with Crippen LogP contribution in [0.4, 0.5) is 23.8 Å². The average Bonchev–Trinajstić information content (AvgIpc) is 3.46. The summed E-state index contributed by atoms with van der Waals surface area (Å²) in [5, 5.41) is 17.1. The van der Waals surface area contributed by atoms with Gasteiger partial charge in [0.15, 0.2) is 0 Å². The van der Waals surface area contributed by atoms with Gasteiger partial charge in [-0.2, -0.15) is 0 Å². The Kier molecular flexibility index (Phi) is 8.42. The molecule has 1 unspecified atom stereocenters. The summed E-state index contributed by atoms with van der Waals surface area (Å²) in [6.45, 7) is 0.570. The Labute approximate surface area is 256 Å². The molecule has 0 aliphatic carbocycles. The first-order valence-corrected chi connectivity index (χ1v) is 14.4. The fraction of sp³-hybridized carbons (Fsp3) is 0.242. The lowest BCUT2D eigenvalue weighted by Crippen LogP contribution is -2.41. The molecule has 0 spiro atoms. The second kappa shape index (κ2) is 12.6. The van der Waals surface area contributed by atoms with Crippen LogP contribution in [0.5, 0.6) is 0 Å². The largest absolute Gasteiger partial charge is 0.459 e. The molecule has 5 aromatic rings. The Morgan fingerprint density at radius 3 is 2.40 bits per heavy atom. The van der Waals surface area contributed by atoms with Crippen LogP contribution in [0.3, 0.4) is 0 Å². The molecule has 6 rings (SSSR count). The van der Waals surface area contributed by atoms with E-state index in [1.165, 1.54) is 18.3 Å². The lowest BCUT2D eigenvalue weighted by atomic mass is 9.98. The zero-order valence-electron chi connectivity index (χ0n) is 24.1. The summed E-state index contributed by atoms with van der Waals surface area (Å²) in [7, 11) is 0. The first kappa shape index (κ1) is 30.1. The van der Waals surface area contributed by atoms with Gasteiger partial charge in [-0.15, -0.1) is 0 Å². The Morgan fingerprint density at radius 2 is 1.71 bits per heavy atom. The van der Waals surface area contributed by atoms with Crippen LogP contribution >= 0.6 is 0 Å². The number of carbonyl (C=O) groups excluding carboxylic acids is 1. The van der Waals surface area contributed by atoms with Crippen LogP contribution in [0.25, 0.3) is 33.4 Å². The second-order valence-corrected chi connectivity index (χ2v) is 11.0. The molecular weight excluding hydrogens is 585 g/mol. The number of hydrogen-bond acceptors (Lipinski definition) is 7. The van der Waals surface area contributed by atoms with Crippen molar-refractivity contribution in [3.63, 3.8) is 0 Å². The SMILES string of the molecule is Nc1ccc(CNC(=O)NCc2cc3cc(-c4ccc(C(O)N5CCC(F)(F)CC5)cn4)cc(-c4ccc(F)cc4)c3o2)cn1. The van der Waals surface area contributed by atoms with E-state index in [0.29, 0.717) is 34.0 Å². The summed E-state index contributed by atoms with van der Waals surface area (Å²) < 4.78 is 47.1. The number of nitrogens with zero attached hydrogens (tertiary/aromatic N) is 3. The Balaban J connectivity index is 1.22. The third-order valence-electron chi connectivity index (χ3n) is 7.80. The number of aliphatic hydroxyl groups excluding tert-OH is 1. The minimum atomic E-state index is -2.70. The third kappa shape index (κ3) is 7.08. The number of aliphatic hydroxyl groups is 1. The second-order valence-electron chi connectivity index (χ2n) is 11.0. The van der Waals surface area contributed by atoms with Gasteiger partial charge in [0.25, 0.3) is 5.92 Å². The first-order chi connectivity index (χ1) is 21.6. The molecule has 2 aromatic carbocycles. The molecule has 0 saturated carbocycles. The number of hydrogen-bond donors (Lipinski definition) is 4. The summed E-state index contributed by atoms with van der Waals surface area (Å²) in [4.78, 5) is 22.6. The van der Waals surface area contributed by atoms with Crippen molar-refractivity contribution in [1.29, 1.82) is 0 Å². The van der Waals surface area contributed by atoms with Crippen molar-refractivity contribution in [3.8, 4) is 22.4 Å². The molecule has 1 atom stereocenters. The van der Waals surface area contributed by atoms with Crippen LogP contribution in [0, 0.1) is 5.82 Å². The number of nitrogens with two attached hydrogens (primary N) is 1. The zero-order chi connectivity index (χ0) is 31.6. The smallest absolute Gasteiger partial charge is 0.315 e. The van der Waals surface area contributed by atoms with Crippen LogP contribution < -0.4 is 16.4 Å². The van der Waals surface area contributed by atoms with Crippen molar-refractivity contribution in [2.75, 3.05) is 18.8 Å². The summed E-state index contributed by atoms with van der Waals surface area (Å²) in [6.07, 6.45) is 1.50. The maximum Gasteiger partial charge on any atom is 0.315 e. The van der Waals surface area contributed by atoms with E-state index in [1.807, 2.05) is 18.2 Å². The van der Waals surface area contributed by atoms with Gasteiger partial charge in [-0.05, 0) is 53.6 Å². The Hall–Kier alpha value is -4.94. The van der Waals surface area contributed by atoms with Crippen molar-refractivity contribution in [2.45, 2.75) is 38.1 Å². The number of rotatable bonds is 8. The van der Waals surface area contributed by atoms with E-state index in [-0.39, 0.29) is 44.8 Å². The van der Waals surface area contributed by atoms with Gasteiger partial charge in [-0.25, -0.2) is 22.9 Å². The van der Waals surface area contributed by atoms with Crippen LogP contribution in [-0.2, 0) is 13.1 Å². The number of alkyl halides is 2. The van der Waals surface area contributed by atoms with E-state index in [1.54, 1.807) is 47.5 Å². The first-order valence-electron chi connectivity index (χ1n) is 14.4. The molecule has 1 fully saturated rings. The van der Waals surface area contributed by atoms with Crippen molar-refractivity contribution < 1.29 is 27.5 Å². The van der Waals surface area contributed by atoms with E-state index in [0.717, 1.165) is 22.1 Å². The molecule has 4 heterocycles. The quantitative estimate of drug-likeness (QED) is 0.168. The summed E-state index contributed by atoms with van der Waals surface area (Å²) >= 11 is 0. The molecule has 12 heteroatoms. The lowest BCUT2D eigenvalue weighted by Gasteiger charge is -2.34. The number of anilines is 1. The van der Waals surface area contributed by atoms with E-state index < -0.39 is 18.2 Å². The maximum atomic E-state index is 13.8. The molecule has 1 aliphatic rings. The predicted octanol–water partition coefficient (Wildman–Crippen LogP) is 6.00. The molecule has 0 bridgehead atoms. The maximum absolute atomic E-state index is 13.8. The number of carbonyl (C=O) groups is 1. The molecule has 9 nitrogen and oxygen atoms in total. The van der Waals surface area contributed by atoms with Gasteiger partial charge < -0.3 is 25.9 Å². The fourth-order valence-electron chi connectivity index (χ4n) is 5.27. The Bertz CT molecular complexity index is 1780. The number of halogens is 3. The molecule has 2 amide bonds. The van der Waals surface area contributed by atoms with Gasteiger partial charge in [0, 0.05) is 66.9 Å². The molecular formula is C33H31F3N6O3. The summed E-state index contributed by atoms with van der Waals surface area (Å²) in [5.74, 6) is -2.17. The van der Waals surface area contributed by atoms with E-state index in [9.17, 15) is 23.1 Å². The highest BCUT2D eigenvalue weighted by Crippen LogP contribution is 2.36. The lowest BCUT2D eigenvalue weighted by molar-refractivity contribution is -0.0962. The predicted molar refractivity (Wildman–Crippen MR) is 163 cm³/mol. The normalized spacial score (nSPS) is 15.6. The van der Waals surface area contributed by atoms with Crippen molar-refractivity contribution >= 4 is 22.8 Å². The molecule has 232 valence electrons. The number of furan rings is 1. The number of aromatic nitrogens is 2. The summed E-state index contributed by atoms with van der Waals surface area (Å²) in [6, 6.07) is 18.2. The van der Waals surface area contributed by atoms with E-state index in [2.05, 4.69) is 20.6 Å². The van der Waals surface area contributed by atoms with Crippen LogP contribution in [0.1, 0.15) is 36.0 Å².